The minimum atomic E-state index is -0.0258. The molecule has 2 aromatic rings. The van der Waals surface area contributed by atoms with Crippen LogP contribution in [0.5, 0.6) is 0 Å². The second kappa shape index (κ2) is 5.91. The van der Waals surface area contributed by atoms with Gasteiger partial charge in [0.05, 0.1) is 6.04 Å². The fraction of sp³-hybridized carbons (Fsp3) is 0.278. The molecule has 0 bridgehead atoms. The second-order valence-electron chi connectivity index (χ2n) is 5.42. The van der Waals surface area contributed by atoms with E-state index in [1.807, 2.05) is 38.1 Å². The Balaban J connectivity index is 2.17. The van der Waals surface area contributed by atoms with E-state index in [2.05, 4.69) is 37.4 Å². The molecule has 0 fully saturated rings. The van der Waals surface area contributed by atoms with Crippen molar-refractivity contribution in [2.45, 2.75) is 33.7 Å². The second-order valence-corrected chi connectivity index (χ2v) is 5.42. The highest BCUT2D eigenvalue weighted by molar-refractivity contribution is 5.94. The minimum absolute atomic E-state index is 0.00270. The lowest BCUT2D eigenvalue weighted by molar-refractivity contribution is 0.0939. The van der Waals surface area contributed by atoms with Crippen LogP contribution in [-0.4, -0.2) is 5.91 Å². The van der Waals surface area contributed by atoms with E-state index in [4.69, 9.17) is 0 Å². The predicted octanol–water partition coefficient (Wildman–Crippen LogP) is 4.10. The van der Waals surface area contributed by atoms with E-state index < -0.39 is 0 Å². The van der Waals surface area contributed by atoms with E-state index in [0.29, 0.717) is 5.56 Å². The minimum Gasteiger partial charge on any atom is -0.346 e. The van der Waals surface area contributed by atoms with Crippen LogP contribution in [0.1, 0.15) is 45.6 Å². The summed E-state index contributed by atoms with van der Waals surface area (Å²) in [5.41, 5.74) is 5.39. The van der Waals surface area contributed by atoms with Gasteiger partial charge in [0.15, 0.2) is 0 Å². The maximum Gasteiger partial charge on any atom is 0.251 e. The zero-order chi connectivity index (χ0) is 14.7. The van der Waals surface area contributed by atoms with E-state index in [9.17, 15) is 4.79 Å². The number of hydrogen-bond acceptors (Lipinski definition) is 1. The highest BCUT2D eigenvalue weighted by Crippen LogP contribution is 2.19. The van der Waals surface area contributed by atoms with Crippen molar-refractivity contribution < 1.29 is 4.79 Å². The Morgan fingerprint density at radius 1 is 1.00 bits per heavy atom. The Kier molecular flexibility index (Phi) is 4.23. The van der Waals surface area contributed by atoms with Crippen LogP contribution in [0.15, 0.2) is 42.5 Å². The number of carbonyl (C=O) groups is 1. The number of benzene rings is 2. The van der Waals surface area contributed by atoms with Crippen LogP contribution in [0.4, 0.5) is 0 Å². The molecule has 2 nitrogen and oxygen atoms in total. The van der Waals surface area contributed by atoms with E-state index in [-0.39, 0.29) is 11.9 Å². The summed E-state index contributed by atoms with van der Waals surface area (Å²) >= 11 is 0. The van der Waals surface area contributed by atoms with Gasteiger partial charge >= 0.3 is 0 Å². The molecular weight excluding hydrogens is 246 g/mol. The quantitative estimate of drug-likeness (QED) is 0.891. The van der Waals surface area contributed by atoms with Gasteiger partial charge in [0.2, 0.25) is 0 Å². The van der Waals surface area contributed by atoms with Gasteiger partial charge in [0.1, 0.15) is 0 Å². The van der Waals surface area contributed by atoms with Gasteiger partial charge < -0.3 is 5.32 Å². The van der Waals surface area contributed by atoms with Crippen molar-refractivity contribution in [3.8, 4) is 0 Å². The molecule has 0 radical (unpaired) electrons. The zero-order valence-corrected chi connectivity index (χ0v) is 12.5. The average molecular weight is 267 g/mol. The molecule has 2 heteroatoms. The molecule has 0 saturated carbocycles. The molecule has 20 heavy (non-hydrogen) atoms. The van der Waals surface area contributed by atoms with E-state index in [1.54, 1.807) is 0 Å². The number of nitrogens with one attached hydrogen (secondary N) is 1. The standard InChI is InChI=1S/C18H21NO/c1-12-6-5-7-16(10-12)18(20)19-15(4)17-11-13(2)8-9-14(17)3/h5-11,15H,1-4H3,(H,19,20)/t15-/m1/s1. The fourth-order valence-corrected chi connectivity index (χ4v) is 2.37. The van der Waals surface area contributed by atoms with Gasteiger partial charge in [-0.1, -0.05) is 41.5 Å². The topological polar surface area (TPSA) is 29.1 Å². The van der Waals surface area contributed by atoms with Crippen LogP contribution in [0.25, 0.3) is 0 Å². The molecule has 0 heterocycles. The van der Waals surface area contributed by atoms with Crippen molar-refractivity contribution in [1.29, 1.82) is 0 Å². The maximum absolute atomic E-state index is 12.3. The third-order valence-electron chi connectivity index (χ3n) is 3.53. The summed E-state index contributed by atoms with van der Waals surface area (Å²) in [6.45, 7) is 8.16. The van der Waals surface area contributed by atoms with Crippen LogP contribution in [0.3, 0.4) is 0 Å². The van der Waals surface area contributed by atoms with Crippen LogP contribution >= 0.6 is 0 Å². The molecule has 0 unspecified atom stereocenters. The summed E-state index contributed by atoms with van der Waals surface area (Å²) in [5, 5.41) is 3.07. The predicted molar refractivity (Wildman–Crippen MR) is 83.0 cm³/mol. The van der Waals surface area contributed by atoms with Crippen molar-refractivity contribution in [2.24, 2.45) is 0 Å². The fourth-order valence-electron chi connectivity index (χ4n) is 2.37. The van der Waals surface area contributed by atoms with Gasteiger partial charge in [-0.2, -0.15) is 0 Å². The SMILES string of the molecule is Cc1cccc(C(=O)N[C@H](C)c2cc(C)ccc2C)c1. The maximum atomic E-state index is 12.3. The van der Waals surface area contributed by atoms with Crippen molar-refractivity contribution in [3.05, 3.63) is 70.3 Å². The first kappa shape index (κ1) is 14.3. The summed E-state index contributed by atoms with van der Waals surface area (Å²) in [7, 11) is 0. The summed E-state index contributed by atoms with van der Waals surface area (Å²) < 4.78 is 0. The molecule has 1 N–H and O–H groups in total. The van der Waals surface area contributed by atoms with Gasteiger partial charge in [0.25, 0.3) is 5.91 Å². The number of hydrogen-bond donors (Lipinski definition) is 1. The van der Waals surface area contributed by atoms with E-state index >= 15 is 0 Å². The first-order valence-electron chi connectivity index (χ1n) is 6.92. The van der Waals surface area contributed by atoms with Crippen LogP contribution in [-0.2, 0) is 0 Å². The van der Waals surface area contributed by atoms with Crippen LogP contribution < -0.4 is 5.32 Å². The Labute approximate surface area is 120 Å². The molecule has 2 rings (SSSR count). The molecule has 0 spiro atoms. The lowest BCUT2D eigenvalue weighted by atomic mass is 9.99. The third kappa shape index (κ3) is 3.27. The molecule has 0 saturated heterocycles. The monoisotopic (exact) mass is 267 g/mol. The summed E-state index contributed by atoms with van der Waals surface area (Å²) in [6.07, 6.45) is 0. The van der Waals surface area contributed by atoms with Crippen molar-refractivity contribution in [1.82, 2.24) is 5.32 Å². The van der Waals surface area contributed by atoms with Gasteiger partial charge in [-0.15, -0.1) is 0 Å². The van der Waals surface area contributed by atoms with E-state index in [0.717, 1.165) is 5.56 Å². The van der Waals surface area contributed by atoms with Crippen LogP contribution in [0.2, 0.25) is 0 Å². The number of amides is 1. The molecule has 0 aliphatic heterocycles. The van der Waals surface area contributed by atoms with Gasteiger partial charge in [-0.25, -0.2) is 0 Å². The highest BCUT2D eigenvalue weighted by atomic mass is 16.1. The van der Waals surface area contributed by atoms with Gasteiger partial charge in [-0.3, -0.25) is 4.79 Å². The smallest absolute Gasteiger partial charge is 0.251 e. The number of carbonyl (C=O) groups excluding carboxylic acids is 1. The van der Waals surface area contributed by atoms with Crippen molar-refractivity contribution in [3.63, 3.8) is 0 Å². The molecule has 104 valence electrons. The first-order chi connectivity index (χ1) is 9.47. The van der Waals surface area contributed by atoms with Crippen molar-refractivity contribution in [2.75, 3.05) is 0 Å². The van der Waals surface area contributed by atoms with Gasteiger partial charge in [-0.05, 0) is 51.0 Å². The average Bonchev–Trinajstić information content (AvgIpc) is 2.41. The third-order valence-corrected chi connectivity index (χ3v) is 3.53. The largest absolute Gasteiger partial charge is 0.346 e. The molecule has 2 aromatic carbocycles. The normalized spacial score (nSPS) is 12.0. The number of rotatable bonds is 3. The van der Waals surface area contributed by atoms with Crippen LogP contribution in [0, 0.1) is 20.8 Å². The molecular formula is C18H21NO. The summed E-state index contributed by atoms with van der Waals surface area (Å²) in [6, 6.07) is 14.0. The Morgan fingerprint density at radius 2 is 1.70 bits per heavy atom. The Morgan fingerprint density at radius 3 is 2.40 bits per heavy atom. The number of aryl methyl sites for hydroxylation is 3. The Hall–Kier alpha value is -2.09. The van der Waals surface area contributed by atoms with Gasteiger partial charge in [0, 0.05) is 5.56 Å². The van der Waals surface area contributed by atoms with Crippen molar-refractivity contribution >= 4 is 5.91 Å². The summed E-state index contributed by atoms with van der Waals surface area (Å²) in [5.74, 6) is -0.0258. The Bertz CT molecular complexity index is 631. The molecule has 1 atom stereocenters. The van der Waals surface area contributed by atoms with E-state index in [1.165, 1.54) is 16.7 Å². The lowest BCUT2D eigenvalue weighted by Gasteiger charge is -2.17. The highest BCUT2D eigenvalue weighted by Gasteiger charge is 2.13. The molecule has 0 aromatic heterocycles. The molecule has 0 aliphatic rings. The zero-order valence-electron chi connectivity index (χ0n) is 12.5. The first-order valence-corrected chi connectivity index (χ1v) is 6.92. The molecule has 0 aliphatic carbocycles. The summed E-state index contributed by atoms with van der Waals surface area (Å²) in [4.78, 5) is 12.3. The lowest BCUT2D eigenvalue weighted by Crippen LogP contribution is -2.27. The molecule has 1 amide bonds.